The minimum absolute atomic E-state index is 0.475. The zero-order valence-electron chi connectivity index (χ0n) is 6.83. The van der Waals surface area contributed by atoms with Crippen LogP contribution in [0.3, 0.4) is 0 Å². The van der Waals surface area contributed by atoms with Crippen LogP contribution in [0.1, 0.15) is 18.9 Å². The van der Waals surface area contributed by atoms with Gasteiger partial charge in [-0.2, -0.15) is 0 Å². The fourth-order valence-corrected chi connectivity index (χ4v) is 1.23. The van der Waals surface area contributed by atoms with Crippen LogP contribution < -0.4 is 4.98 Å². The number of H-pyrrole nitrogens is 2. The molecule has 0 fully saturated rings. The van der Waals surface area contributed by atoms with Gasteiger partial charge in [0.2, 0.25) is 0 Å². The van der Waals surface area contributed by atoms with Crippen LogP contribution in [0.15, 0.2) is 24.3 Å². The van der Waals surface area contributed by atoms with Crippen LogP contribution in [-0.4, -0.2) is 10.1 Å². The summed E-state index contributed by atoms with van der Waals surface area (Å²) in [5.41, 5.74) is 2.04. The van der Waals surface area contributed by atoms with Gasteiger partial charge in [-0.15, -0.1) is 0 Å². The lowest BCUT2D eigenvalue weighted by atomic mass is 10.3. The van der Waals surface area contributed by atoms with E-state index in [4.69, 9.17) is 0 Å². The van der Waals surface area contributed by atoms with Gasteiger partial charge in [0.1, 0.15) is 0 Å². The first kappa shape index (κ1) is 7.31. The summed E-state index contributed by atoms with van der Waals surface area (Å²) < 4.78 is 0. The van der Waals surface area contributed by atoms with Gasteiger partial charge in [-0.25, -0.2) is 9.97 Å². The van der Waals surface area contributed by atoms with Gasteiger partial charge in [-0.05, 0) is 19.1 Å². The summed E-state index contributed by atoms with van der Waals surface area (Å²) in [6.45, 7) is 1.72. The number of imidazole rings is 1. The molecule has 2 rings (SSSR count). The monoisotopic (exact) mass is 163 g/mol. The molecule has 0 radical (unpaired) electrons. The molecule has 3 nitrogen and oxygen atoms in total. The lowest BCUT2D eigenvalue weighted by Gasteiger charge is -1.88. The van der Waals surface area contributed by atoms with E-state index in [2.05, 4.69) is 9.97 Å². The number of aromatic nitrogens is 2. The fraction of sp³-hybridized carbons (Fsp3) is 0.222. The maximum Gasteiger partial charge on any atom is 0.281 e. The summed E-state index contributed by atoms with van der Waals surface area (Å²) in [4.78, 5) is 6.18. The van der Waals surface area contributed by atoms with Crippen molar-refractivity contribution in [3.8, 4) is 0 Å². The van der Waals surface area contributed by atoms with Gasteiger partial charge in [0, 0.05) is 0 Å². The third-order valence-corrected chi connectivity index (χ3v) is 1.88. The van der Waals surface area contributed by atoms with Gasteiger partial charge < -0.3 is 5.11 Å². The van der Waals surface area contributed by atoms with E-state index in [0.717, 1.165) is 16.9 Å². The number of para-hydroxylation sites is 2. The number of benzene rings is 1. The van der Waals surface area contributed by atoms with Crippen molar-refractivity contribution in [2.24, 2.45) is 0 Å². The molecule has 1 unspecified atom stereocenters. The lowest BCUT2D eigenvalue weighted by molar-refractivity contribution is -0.367. The van der Waals surface area contributed by atoms with Gasteiger partial charge >= 0.3 is 0 Å². The first-order valence-corrected chi connectivity index (χ1v) is 3.95. The van der Waals surface area contributed by atoms with Crippen LogP contribution in [0.25, 0.3) is 11.0 Å². The number of hydrogen-bond donors (Lipinski definition) is 2. The molecule has 0 spiro atoms. The van der Waals surface area contributed by atoms with Crippen LogP contribution in [0.2, 0.25) is 0 Å². The highest BCUT2D eigenvalue weighted by Gasteiger charge is 2.12. The van der Waals surface area contributed by atoms with Crippen LogP contribution >= 0.6 is 0 Å². The number of nitrogens with one attached hydrogen (secondary N) is 2. The predicted octanol–water partition coefficient (Wildman–Crippen LogP) is 1.04. The SMILES string of the molecule is CC(O)c1[nH]c2ccccc2[nH+]1. The van der Waals surface area contributed by atoms with Crippen molar-refractivity contribution >= 4 is 11.0 Å². The second kappa shape index (κ2) is 2.60. The number of hydrogen-bond acceptors (Lipinski definition) is 1. The molecule has 12 heavy (non-hydrogen) atoms. The zero-order valence-corrected chi connectivity index (χ0v) is 6.83. The molecular formula is C9H11N2O+. The summed E-state index contributed by atoms with van der Waals surface area (Å²) in [6.07, 6.45) is -0.475. The first-order chi connectivity index (χ1) is 5.77. The largest absolute Gasteiger partial charge is 0.381 e. The average Bonchev–Trinajstić information content (AvgIpc) is 2.46. The van der Waals surface area contributed by atoms with E-state index in [1.54, 1.807) is 6.92 Å². The number of aliphatic hydroxyl groups is 1. The van der Waals surface area contributed by atoms with E-state index in [-0.39, 0.29) is 0 Å². The maximum absolute atomic E-state index is 9.26. The molecule has 1 atom stereocenters. The van der Waals surface area contributed by atoms with Crippen LogP contribution in [0.5, 0.6) is 0 Å². The van der Waals surface area contributed by atoms with E-state index >= 15 is 0 Å². The minimum atomic E-state index is -0.475. The van der Waals surface area contributed by atoms with Gasteiger partial charge in [0.25, 0.3) is 5.82 Å². The predicted molar refractivity (Wildman–Crippen MR) is 45.5 cm³/mol. The van der Waals surface area contributed by atoms with Crippen LogP contribution in [0, 0.1) is 0 Å². The van der Waals surface area contributed by atoms with Crippen molar-refractivity contribution in [1.82, 2.24) is 4.98 Å². The quantitative estimate of drug-likeness (QED) is 0.648. The van der Waals surface area contributed by atoms with Crippen molar-refractivity contribution in [2.45, 2.75) is 13.0 Å². The smallest absolute Gasteiger partial charge is 0.281 e. The molecule has 1 heterocycles. The number of aliphatic hydroxyl groups excluding tert-OH is 1. The van der Waals surface area contributed by atoms with Gasteiger partial charge in [-0.1, -0.05) is 12.1 Å². The molecule has 0 saturated heterocycles. The molecule has 1 aromatic carbocycles. The van der Waals surface area contributed by atoms with Gasteiger partial charge in [-0.3, -0.25) is 0 Å². The van der Waals surface area contributed by atoms with Gasteiger partial charge in [0.15, 0.2) is 17.1 Å². The van der Waals surface area contributed by atoms with E-state index in [1.807, 2.05) is 24.3 Å². The fourth-order valence-electron chi connectivity index (χ4n) is 1.23. The second-order valence-corrected chi connectivity index (χ2v) is 2.89. The van der Waals surface area contributed by atoms with E-state index in [9.17, 15) is 5.11 Å². The first-order valence-electron chi connectivity index (χ1n) is 3.95. The Morgan fingerprint density at radius 1 is 1.42 bits per heavy atom. The van der Waals surface area contributed by atoms with Crippen molar-refractivity contribution < 1.29 is 10.1 Å². The Balaban J connectivity index is 2.62. The number of fused-ring (bicyclic) bond motifs is 1. The molecule has 0 amide bonds. The lowest BCUT2D eigenvalue weighted by Crippen LogP contribution is -2.09. The van der Waals surface area contributed by atoms with Crippen molar-refractivity contribution in [1.29, 1.82) is 0 Å². The zero-order chi connectivity index (χ0) is 8.55. The molecule has 0 saturated carbocycles. The Labute approximate surface area is 70.1 Å². The third kappa shape index (κ3) is 1.08. The van der Waals surface area contributed by atoms with E-state index in [0.29, 0.717) is 0 Å². The molecule has 3 heteroatoms. The van der Waals surface area contributed by atoms with E-state index < -0.39 is 6.10 Å². The molecule has 0 aliphatic heterocycles. The standard InChI is InChI=1S/C9H10N2O/c1-6(12)9-10-7-4-2-3-5-8(7)11-9/h2-6,12H,1H3,(H,10,11)/p+1. The normalized spacial score (nSPS) is 13.5. The highest BCUT2D eigenvalue weighted by atomic mass is 16.3. The summed E-state index contributed by atoms with van der Waals surface area (Å²) in [7, 11) is 0. The van der Waals surface area contributed by atoms with Crippen LogP contribution in [-0.2, 0) is 0 Å². The Bertz CT molecular complexity index is 359. The molecule has 0 aliphatic carbocycles. The minimum Gasteiger partial charge on any atom is -0.381 e. The molecule has 2 aromatic rings. The summed E-state index contributed by atoms with van der Waals surface area (Å²) in [5, 5.41) is 9.26. The summed E-state index contributed by atoms with van der Waals surface area (Å²) in [6, 6.07) is 7.85. The Hall–Kier alpha value is -1.35. The Kier molecular flexibility index (Phi) is 1.59. The Morgan fingerprint density at radius 3 is 2.83 bits per heavy atom. The summed E-state index contributed by atoms with van der Waals surface area (Å²) in [5.74, 6) is 0.746. The molecular weight excluding hydrogens is 152 g/mol. The molecule has 0 bridgehead atoms. The highest BCUT2D eigenvalue weighted by Crippen LogP contribution is 2.10. The molecule has 0 aliphatic rings. The van der Waals surface area contributed by atoms with Crippen LogP contribution in [0.4, 0.5) is 0 Å². The third-order valence-electron chi connectivity index (χ3n) is 1.88. The van der Waals surface area contributed by atoms with E-state index in [1.165, 1.54) is 0 Å². The van der Waals surface area contributed by atoms with Crippen molar-refractivity contribution in [3.05, 3.63) is 30.1 Å². The average molecular weight is 163 g/mol. The topological polar surface area (TPSA) is 50.2 Å². The number of rotatable bonds is 1. The second-order valence-electron chi connectivity index (χ2n) is 2.89. The number of aromatic amines is 2. The van der Waals surface area contributed by atoms with Crippen molar-refractivity contribution in [3.63, 3.8) is 0 Å². The molecule has 1 aromatic heterocycles. The van der Waals surface area contributed by atoms with Crippen molar-refractivity contribution in [2.75, 3.05) is 0 Å². The summed E-state index contributed by atoms with van der Waals surface area (Å²) >= 11 is 0. The maximum atomic E-state index is 9.26. The van der Waals surface area contributed by atoms with Gasteiger partial charge in [0.05, 0.1) is 0 Å². The molecule has 3 N–H and O–H groups in total. The molecule has 62 valence electrons. The highest BCUT2D eigenvalue weighted by molar-refractivity contribution is 5.70. The Morgan fingerprint density at radius 2 is 2.17 bits per heavy atom.